The normalized spacial score (nSPS) is 11.1. The number of aromatic nitrogens is 1. The van der Waals surface area contributed by atoms with E-state index in [2.05, 4.69) is 15.8 Å². The molecule has 0 radical (unpaired) electrons. The zero-order valence-electron chi connectivity index (χ0n) is 17.4. The first-order valence-corrected chi connectivity index (χ1v) is 10.0. The quantitative estimate of drug-likeness (QED) is 0.349. The third kappa shape index (κ3) is 4.73. The SMILES string of the molecule is CC(=O)Nc1cccc(C(=O)N/N=C\c2cn(Cc3ccccc3F)c3ccccc23)c1. The highest BCUT2D eigenvalue weighted by Crippen LogP contribution is 2.22. The molecule has 0 saturated heterocycles. The minimum Gasteiger partial charge on any atom is -0.342 e. The summed E-state index contributed by atoms with van der Waals surface area (Å²) in [5.41, 5.74) is 5.73. The highest BCUT2D eigenvalue weighted by molar-refractivity contribution is 6.01. The van der Waals surface area contributed by atoms with Crippen molar-refractivity contribution >= 4 is 34.6 Å². The highest BCUT2D eigenvalue weighted by atomic mass is 19.1. The topological polar surface area (TPSA) is 75.5 Å². The van der Waals surface area contributed by atoms with Crippen LogP contribution in [0, 0.1) is 5.82 Å². The lowest BCUT2D eigenvalue weighted by Crippen LogP contribution is -2.18. The molecule has 0 spiro atoms. The van der Waals surface area contributed by atoms with E-state index in [-0.39, 0.29) is 11.7 Å². The summed E-state index contributed by atoms with van der Waals surface area (Å²) in [7, 11) is 0. The smallest absolute Gasteiger partial charge is 0.271 e. The van der Waals surface area contributed by atoms with Gasteiger partial charge in [0, 0.05) is 46.4 Å². The summed E-state index contributed by atoms with van der Waals surface area (Å²) in [5, 5.41) is 7.68. The second-order valence-corrected chi connectivity index (χ2v) is 7.28. The fourth-order valence-corrected chi connectivity index (χ4v) is 3.49. The van der Waals surface area contributed by atoms with Crippen molar-refractivity contribution in [3.63, 3.8) is 0 Å². The number of carbonyl (C=O) groups excluding carboxylic acids is 2. The lowest BCUT2D eigenvalue weighted by atomic mass is 10.2. The highest BCUT2D eigenvalue weighted by Gasteiger charge is 2.10. The number of amides is 2. The van der Waals surface area contributed by atoms with Crippen molar-refractivity contribution in [3.8, 4) is 0 Å². The van der Waals surface area contributed by atoms with Gasteiger partial charge in [0.05, 0.1) is 12.8 Å². The number of carbonyl (C=O) groups is 2. The maximum absolute atomic E-state index is 14.1. The largest absolute Gasteiger partial charge is 0.342 e. The van der Waals surface area contributed by atoms with Crippen molar-refractivity contribution < 1.29 is 14.0 Å². The van der Waals surface area contributed by atoms with Gasteiger partial charge in [0.1, 0.15) is 5.82 Å². The van der Waals surface area contributed by atoms with Crippen molar-refractivity contribution in [1.82, 2.24) is 9.99 Å². The van der Waals surface area contributed by atoms with Crippen LogP contribution in [0.25, 0.3) is 10.9 Å². The number of fused-ring (bicyclic) bond motifs is 1. The van der Waals surface area contributed by atoms with Crippen LogP contribution in [0.5, 0.6) is 0 Å². The van der Waals surface area contributed by atoms with Crippen molar-refractivity contribution in [2.24, 2.45) is 5.10 Å². The van der Waals surface area contributed by atoms with Gasteiger partial charge in [0.2, 0.25) is 5.91 Å². The van der Waals surface area contributed by atoms with E-state index < -0.39 is 5.91 Å². The molecule has 0 aliphatic rings. The minimum absolute atomic E-state index is 0.215. The summed E-state index contributed by atoms with van der Waals surface area (Å²) in [4.78, 5) is 23.6. The third-order valence-electron chi connectivity index (χ3n) is 4.93. The Labute approximate surface area is 184 Å². The Morgan fingerprint density at radius 1 is 1.03 bits per heavy atom. The summed E-state index contributed by atoms with van der Waals surface area (Å²) >= 11 is 0. The summed E-state index contributed by atoms with van der Waals surface area (Å²) in [5.74, 6) is -0.870. The summed E-state index contributed by atoms with van der Waals surface area (Å²) in [6.07, 6.45) is 3.44. The molecular formula is C25H21FN4O2. The fourth-order valence-electron chi connectivity index (χ4n) is 3.49. The zero-order chi connectivity index (χ0) is 22.5. The number of hydrogen-bond acceptors (Lipinski definition) is 3. The number of hydrazone groups is 1. The van der Waals surface area contributed by atoms with Gasteiger partial charge in [0.25, 0.3) is 5.91 Å². The summed E-state index contributed by atoms with van der Waals surface area (Å²) in [6.45, 7) is 1.78. The van der Waals surface area contributed by atoms with Crippen LogP contribution in [0.1, 0.15) is 28.4 Å². The van der Waals surface area contributed by atoms with Crippen LogP contribution < -0.4 is 10.7 Å². The molecule has 2 amide bonds. The molecule has 4 rings (SSSR count). The standard InChI is InChI=1S/C25H21FN4O2/c1-17(31)28-21-9-6-8-18(13-21)25(32)29-27-14-20-16-30(24-12-5-3-10-22(20)24)15-19-7-2-4-11-23(19)26/h2-14,16H,15H2,1H3,(H,28,31)(H,29,32)/b27-14-. The Hall–Kier alpha value is -4.26. The van der Waals surface area contributed by atoms with Crippen LogP contribution in [0.2, 0.25) is 0 Å². The van der Waals surface area contributed by atoms with Crippen molar-refractivity contribution in [3.05, 3.63) is 102 Å². The van der Waals surface area contributed by atoms with E-state index >= 15 is 0 Å². The number of anilines is 1. The van der Waals surface area contributed by atoms with Crippen LogP contribution in [-0.4, -0.2) is 22.6 Å². The molecule has 4 aromatic rings. The minimum atomic E-state index is -0.399. The van der Waals surface area contributed by atoms with Gasteiger partial charge in [-0.15, -0.1) is 0 Å². The van der Waals surface area contributed by atoms with E-state index in [0.29, 0.717) is 23.4 Å². The first kappa shape index (κ1) is 21.0. The molecule has 1 aromatic heterocycles. The maximum Gasteiger partial charge on any atom is 0.271 e. The van der Waals surface area contributed by atoms with Crippen LogP contribution in [-0.2, 0) is 11.3 Å². The van der Waals surface area contributed by atoms with Gasteiger partial charge in [-0.2, -0.15) is 5.10 Å². The molecule has 0 fully saturated rings. The van der Waals surface area contributed by atoms with Gasteiger partial charge in [0.15, 0.2) is 0 Å². The van der Waals surface area contributed by atoms with E-state index in [0.717, 1.165) is 16.5 Å². The zero-order valence-corrected chi connectivity index (χ0v) is 17.4. The third-order valence-corrected chi connectivity index (χ3v) is 4.93. The van der Waals surface area contributed by atoms with E-state index in [1.165, 1.54) is 13.0 Å². The molecule has 160 valence electrons. The fraction of sp³-hybridized carbons (Fsp3) is 0.0800. The van der Waals surface area contributed by atoms with Gasteiger partial charge in [-0.1, -0.05) is 42.5 Å². The molecule has 2 N–H and O–H groups in total. The Kier molecular flexibility index (Phi) is 6.07. The van der Waals surface area contributed by atoms with Crippen LogP contribution in [0.3, 0.4) is 0 Å². The Morgan fingerprint density at radius 2 is 1.81 bits per heavy atom. The second kappa shape index (κ2) is 9.26. The molecule has 0 aliphatic carbocycles. The maximum atomic E-state index is 14.1. The predicted molar refractivity (Wildman–Crippen MR) is 123 cm³/mol. The Morgan fingerprint density at radius 3 is 2.62 bits per heavy atom. The van der Waals surface area contributed by atoms with Crippen LogP contribution in [0.4, 0.5) is 10.1 Å². The van der Waals surface area contributed by atoms with E-state index in [1.807, 2.05) is 41.1 Å². The molecule has 0 atom stereocenters. The monoisotopic (exact) mass is 428 g/mol. The Bertz CT molecular complexity index is 1330. The number of hydrogen-bond donors (Lipinski definition) is 2. The molecule has 3 aromatic carbocycles. The van der Waals surface area contributed by atoms with Crippen LogP contribution in [0.15, 0.2) is 84.1 Å². The second-order valence-electron chi connectivity index (χ2n) is 7.28. The summed E-state index contributed by atoms with van der Waals surface area (Å²) in [6, 6.07) is 21.0. The van der Waals surface area contributed by atoms with Gasteiger partial charge >= 0.3 is 0 Å². The van der Waals surface area contributed by atoms with Crippen molar-refractivity contribution in [1.29, 1.82) is 0 Å². The average molecular weight is 428 g/mol. The van der Waals surface area contributed by atoms with Gasteiger partial charge < -0.3 is 9.88 Å². The Balaban J connectivity index is 1.54. The van der Waals surface area contributed by atoms with E-state index in [4.69, 9.17) is 0 Å². The number of benzene rings is 3. The first-order chi connectivity index (χ1) is 15.5. The molecule has 1 heterocycles. The summed E-state index contributed by atoms with van der Waals surface area (Å²) < 4.78 is 16.1. The number of para-hydroxylation sites is 1. The lowest BCUT2D eigenvalue weighted by Gasteiger charge is -2.06. The van der Waals surface area contributed by atoms with Crippen molar-refractivity contribution in [2.45, 2.75) is 13.5 Å². The molecule has 0 bridgehead atoms. The first-order valence-electron chi connectivity index (χ1n) is 10.0. The average Bonchev–Trinajstić information content (AvgIpc) is 3.12. The molecule has 7 heteroatoms. The molecular weight excluding hydrogens is 407 g/mol. The molecule has 0 saturated carbocycles. The van der Waals surface area contributed by atoms with E-state index in [1.54, 1.807) is 42.6 Å². The number of nitrogens with zero attached hydrogens (tertiary/aromatic N) is 2. The van der Waals surface area contributed by atoms with Gasteiger partial charge in [-0.3, -0.25) is 9.59 Å². The van der Waals surface area contributed by atoms with Gasteiger partial charge in [-0.05, 0) is 30.3 Å². The van der Waals surface area contributed by atoms with Crippen molar-refractivity contribution in [2.75, 3.05) is 5.32 Å². The van der Waals surface area contributed by atoms with Gasteiger partial charge in [-0.25, -0.2) is 9.82 Å². The number of nitrogens with one attached hydrogen (secondary N) is 2. The number of halogens is 1. The number of rotatable bonds is 6. The van der Waals surface area contributed by atoms with E-state index in [9.17, 15) is 14.0 Å². The lowest BCUT2D eigenvalue weighted by molar-refractivity contribution is -0.114. The molecule has 32 heavy (non-hydrogen) atoms. The molecule has 6 nitrogen and oxygen atoms in total. The molecule has 0 aliphatic heterocycles. The molecule has 0 unspecified atom stereocenters. The predicted octanol–water partition coefficient (Wildman–Crippen LogP) is 4.55. The van der Waals surface area contributed by atoms with Crippen LogP contribution >= 0.6 is 0 Å².